The number of aromatic nitrogens is 4. The minimum atomic E-state index is -4.55. The van der Waals surface area contributed by atoms with Crippen molar-refractivity contribution in [2.75, 3.05) is 25.5 Å². The number of halogens is 4. The molecule has 1 aliphatic rings. The SMILES string of the molecule is CCN(C[C@@]1(C)CCc2cc(-c3cn(C(F)(F)F)c(C)n3)c(C)nc2N1)C(=O)[C@H](C)c1cc(OC)ncc1F. The third kappa shape index (κ3) is 5.69. The minimum Gasteiger partial charge on any atom is -0.481 e. The van der Waals surface area contributed by atoms with Crippen LogP contribution in [-0.2, 0) is 17.5 Å². The van der Waals surface area contributed by atoms with Crippen molar-refractivity contribution >= 4 is 11.7 Å². The van der Waals surface area contributed by atoms with Crippen molar-refractivity contribution in [3.8, 4) is 17.1 Å². The smallest absolute Gasteiger partial charge is 0.481 e. The summed E-state index contributed by atoms with van der Waals surface area (Å²) in [5, 5.41) is 3.45. The molecule has 0 fully saturated rings. The van der Waals surface area contributed by atoms with E-state index in [1.165, 1.54) is 20.1 Å². The molecule has 2 atom stereocenters. The normalized spacial score (nSPS) is 17.8. The average molecular weight is 549 g/mol. The predicted octanol–water partition coefficient (Wildman–Crippen LogP) is 5.35. The number of pyridine rings is 2. The fraction of sp³-hybridized carbons (Fsp3) is 0.481. The number of carbonyl (C=O) groups excluding carboxylic acids is 1. The van der Waals surface area contributed by atoms with Gasteiger partial charge < -0.3 is 15.0 Å². The maximum Gasteiger partial charge on any atom is 0.489 e. The zero-order valence-corrected chi connectivity index (χ0v) is 22.8. The highest BCUT2D eigenvalue weighted by Gasteiger charge is 2.36. The third-order valence-electron chi connectivity index (χ3n) is 7.23. The lowest BCUT2D eigenvalue weighted by Crippen LogP contribution is -2.51. The van der Waals surface area contributed by atoms with Crippen molar-refractivity contribution in [3.63, 3.8) is 0 Å². The molecule has 4 rings (SSSR count). The maximum absolute atomic E-state index is 14.5. The van der Waals surface area contributed by atoms with Crippen LogP contribution in [0.15, 0.2) is 24.5 Å². The van der Waals surface area contributed by atoms with Crippen molar-refractivity contribution in [1.82, 2.24) is 24.4 Å². The van der Waals surface area contributed by atoms with Gasteiger partial charge >= 0.3 is 6.30 Å². The molecule has 0 saturated carbocycles. The quantitative estimate of drug-likeness (QED) is 0.401. The lowest BCUT2D eigenvalue weighted by molar-refractivity contribution is -0.205. The van der Waals surface area contributed by atoms with E-state index in [1.54, 1.807) is 18.7 Å². The van der Waals surface area contributed by atoms with Gasteiger partial charge in [0.25, 0.3) is 0 Å². The van der Waals surface area contributed by atoms with Crippen LogP contribution in [0.1, 0.15) is 55.8 Å². The Kier molecular flexibility index (Phi) is 7.59. The maximum atomic E-state index is 14.5. The van der Waals surface area contributed by atoms with E-state index in [9.17, 15) is 22.4 Å². The molecular formula is C27H32F4N6O2. The molecule has 0 aliphatic carbocycles. The van der Waals surface area contributed by atoms with Gasteiger partial charge in [-0.2, -0.15) is 0 Å². The first-order valence-corrected chi connectivity index (χ1v) is 12.7. The van der Waals surface area contributed by atoms with E-state index in [0.717, 1.165) is 18.0 Å². The van der Waals surface area contributed by atoms with Crippen molar-refractivity contribution in [3.05, 3.63) is 53.0 Å². The Morgan fingerprint density at radius 2 is 2.00 bits per heavy atom. The number of methoxy groups -OCH3 is 1. The molecule has 210 valence electrons. The number of likely N-dealkylation sites (N-methyl/N-ethyl adjacent to an activating group) is 1. The van der Waals surface area contributed by atoms with Gasteiger partial charge in [-0.15, -0.1) is 13.2 Å². The Labute approximate surface area is 224 Å². The summed E-state index contributed by atoms with van der Waals surface area (Å²) in [5.41, 5.74) is 1.84. The molecule has 39 heavy (non-hydrogen) atoms. The Hall–Kier alpha value is -3.70. The van der Waals surface area contributed by atoms with Crippen LogP contribution in [0.25, 0.3) is 11.3 Å². The molecule has 0 saturated heterocycles. The van der Waals surface area contributed by atoms with Gasteiger partial charge in [0.2, 0.25) is 11.8 Å². The first kappa shape index (κ1) is 28.3. The predicted molar refractivity (Wildman–Crippen MR) is 138 cm³/mol. The Bertz CT molecular complexity index is 1390. The molecule has 0 unspecified atom stereocenters. The molecule has 0 spiro atoms. The molecule has 1 aliphatic heterocycles. The fourth-order valence-electron chi connectivity index (χ4n) is 4.99. The van der Waals surface area contributed by atoms with Crippen LogP contribution in [0.5, 0.6) is 5.88 Å². The molecule has 1 N–H and O–H groups in total. The summed E-state index contributed by atoms with van der Waals surface area (Å²) in [5.74, 6) is -0.845. The summed E-state index contributed by atoms with van der Waals surface area (Å²) in [6, 6.07) is 3.27. The molecule has 1 amide bonds. The molecular weight excluding hydrogens is 516 g/mol. The molecule has 3 aromatic heterocycles. The van der Waals surface area contributed by atoms with Crippen molar-refractivity contribution in [1.29, 1.82) is 0 Å². The lowest BCUT2D eigenvalue weighted by Gasteiger charge is -2.40. The van der Waals surface area contributed by atoms with E-state index < -0.39 is 23.6 Å². The number of carbonyl (C=O) groups is 1. The molecule has 12 heteroatoms. The highest BCUT2D eigenvalue weighted by molar-refractivity contribution is 5.83. The molecule has 0 radical (unpaired) electrons. The standard InChI is InChI=1S/C27H32F4N6O2/c1-7-36(25(38)15(2)19-11-23(39-6)32-12-21(19)28)14-26(5)9-8-18-10-20(16(3)33-24(18)35-26)22-13-37(17(4)34-22)27(29,30)31/h10-13,15H,7-9,14H2,1-6H3,(H,33,35)/t15-,26-/m1/s1. The number of hydrogen-bond acceptors (Lipinski definition) is 6. The van der Waals surface area contributed by atoms with Crippen LogP contribution in [0.4, 0.5) is 23.4 Å². The molecule has 3 aromatic rings. The number of imidazole rings is 1. The van der Waals surface area contributed by atoms with Gasteiger partial charge in [0.05, 0.1) is 30.5 Å². The number of nitrogens with one attached hydrogen (secondary N) is 1. The van der Waals surface area contributed by atoms with Gasteiger partial charge in [-0.1, -0.05) is 0 Å². The number of amides is 1. The van der Waals surface area contributed by atoms with E-state index in [4.69, 9.17) is 4.74 Å². The Morgan fingerprint density at radius 3 is 2.62 bits per heavy atom. The van der Waals surface area contributed by atoms with E-state index in [2.05, 4.69) is 20.3 Å². The van der Waals surface area contributed by atoms with E-state index in [0.29, 0.717) is 43.0 Å². The summed E-state index contributed by atoms with van der Waals surface area (Å²) < 4.78 is 59.6. The van der Waals surface area contributed by atoms with E-state index >= 15 is 0 Å². The lowest BCUT2D eigenvalue weighted by atomic mass is 9.87. The molecule has 0 bridgehead atoms. The number of rotatable bonds is 7. The zero-order chi connectivity index (χ0) is 28.7. The van der Waals surface area contributed by atoms with E-state index in [1.807, 2.05) is 19.9 Å². The largest absolute Gasteiger partial charge is 0.489 e. The van der Waals surface area contributed by atoms with Crippen molar-refractivity contribution in [2.45, 2.75) is 65.2 Å². The highest BCUT2D eigenvalue weighted by atomic mass is 19.4. The summed E-state index contributed by atoms with van der Waals surface area (Å²) in [7, 11) is 1.43. The van der Waals surface area contributed by atoms with Gasteiger partial charge in [0.1, 0.15) is 17.5 Å². The zero-order valence-electron chi connectivity index (χ0n) is 22.8. The first-order valence-electron chi connectivity index (χ1n) is 12.7. The summed E-state index contributed by atoms with van der Waals surface area (Å²) in [4.78, 5) is 27.7. The molecule has 0 aromatic carbocycles. The molecule has 8 nitrogen and oxygen atoms in total. The fourth-order valence-corrected chi connectivity index (χ4v) is 4.99. The molecule has 4 heterocycles. The Morgan fingerprint density at radius 1 is 1.28 bits per heavy atom. The first-order chi connectivity index (χ1) is 18.3. The van der Waals surface area contributed by atoms with Crippen molar-refractivity contribution in [2.24, 2.45) is 0 Å². The van der Waals surface area contributed by atoms with Gasteiger partial charge in [0, 0.05) is 42.2 Å². The van der Waals surface area contributed by atoms with Gasteiger partial charge in [0.15, 0.2) is 0 Å². The van der Waals surface area contributed by atoms with Crippen LogP contribution in [0.3, 0.4) is 0 Å². The van der Waals surface area contributed by atoms with Crippen LogP contribution >= 0.6 is 0 Å². The number of hydrogen-bond donors (Lipinski definition) is 1. The number of anilines is 1. The summed E-state index contributed by atoms with van der Waals surface area (Å²) in [6.45, 7) is 9.33. The van der Waals surface area contributed by atoms with Gasteiger partial charge in [-0.05, 0) is 59.1 Å². The summed E-state index contributed by atoms with van der Waals surface area (Å²) >= 11 is 0. The average Bonchev–Trinajstić information content (AvgIpc) is 3.28. The van der Waals surface area contributed by atoms with Crippen LogP contribution in [-0.4, -0.2) is 56.1 Å². The van der Waals surface area contributed by atoms with E-state index in [-0.39, 0.29) is 33.4 Å². The Balaban J connectivity index is 1.54. The van der Waals surface area contributed by atoms with Gasteiger partial charge in [-0.25, -0.2) is 23.9 Å². The second-order valence-electron chi connectivity index (χ2n) is 10.1. The number of alkyl halides is 3. The second kappa shape index (κ2) is 10.5. The van der Waals surface area contributed by atoms with Crippen LogP contribution in [0, 0.1) is 19.7 Å². The van der Waals surface area contributed by atoms with Crippen molar-refractivity contribution < 1.29 is 27.1 Å². The number of ether oxygens (including phenoxy) is 1. The highest BCUT2D eigenvalue weighted by Crippen LogP contribution is 2.36. The van der Waals surface area contributed by atoms with Crippen LogP contribution < -0.4 is 10.1 Å². The monoisotopic (exact) mass is 548 g/mol. The number of nitrogens with zero attached hydrogens (tertiary/aromatic N) is 5. The van der Waals surface area contributed by atoms with Crippen LogP contribution in [0.2, 0.25) is 0 Å². The summed E-state index contributed by atoms with van der Waals surface area (Å²) in [6.07, 6.45) is -1.26. The third-order valence-corrected chi connectivity index (χ3v) is 7.23. The topological polar surface area (TPSA) is 85.2 Å². The minimum absolute atomic E-state index is 0.149. The number of fused-ring (bicyclic) bond motifs is 1. The number of aryl methyl sites for hydroxylation is 3. The second-order valence-corrected chi connectivity index (χ2v) is 10.1. The van der Waals surface area contributed by atoms with Gasteiger partial charge in [-0.3, -0.25) is 4.79 Å².